The highest BCUT2D eigenvalue weighted by Gasteiger charge is 2.49. The summed E-state index contributed by atoms with van der Waals surface area (Å²) >= 11 is 0. The molecule has 0 aromatic heterocycles. The van der Waals surface area contributed by atoms with Crippen LogP contribution in [0, 0.1) is 10.8 Å². The van der Waals surface area contributed by atoms with Gasteiger partial charge >= 0.3 is 13.6 Å². The minimum Gasteiger partial charge on any atom is -0.480 e. The van der Waals surface area contributed by atoms with Crippen LogP contribution in [0.1, 0.15) is 70.9 Å². The number of nitrogens with one attached hydrogen (secondary N) is 1. The van der Waals surface area contributed by atoms with E-state index in [1.807, 2.05) is 42.5 Å². The second-order valence-corrected chi connectivity index (χ2v) is 14.6. The van der Waals surface area contributed by atoms with E-state index in [-0.39, 0.29) is 13.0 Å². The van der Waals surface area contributed by atoms with Crippen molar-refractivity contribution in [3.8, 4) is 0 Å². The number of carbonyl (C=O) groups excluding carboxylic acids is 2. The van der Waals surface area contributed by atoms with Gasteiger partial charge in [0.05, 0.1) is 18.2 Å². The standard InChI is InChI=1S/C32H43N2O9P/c1-22(41-20-23-12-6-5-7-13-23)42-43-44(39,40)21-32(18-10-11-19-32)30(38)33-25-17-16-24-14-8-9-15-26(24)34(28(25)35)27(29(36)37)31(2,3)4/h5-9,12-15,22,25,27H,10-11,16-21H2,1-4H3,(H,33,38)(H,36,37)(H,39,40)/t22?,25-,27?/m0/s1. The summed E-state index contributed by atoms with van der Waals surface area (Å²) in [6, 6.07) is 14.3. The van der Waals surface area contributed by atoms with Crippen molar-refractivity contribution in [1.82, 2.24) is 5.32 Å². The Morgan fingerprint density at radius 2 is 1.73 bits per heavy atom. The Kier molecular flexibility index (Phi) is 10.7. The van der Waals surface area contributed by atoms with Crippen LogP contribution in [-0.2, 0) is 46.3 Å². The Balaban J connectivity index is 1.48. The number of ether oxygens (including phenoxy) is 1. The van der Waals surface area contributed by atoms with Gasteiger partial charge in [0.25, 0.3) is 0 Å². The second kappa shape index (κ2) is 13.9. The molecule has 3 N–H and O–H groups in total. The second-order valence-electron chi connectivity index (χ2n) is 12.8. The van der Waals surface area contributed by atoms with Crippen molar-refractivity contribution in [3.63, 3.8) is 0 Å². The molecule has 11 nitrogen and oxygen atoms in total. The topological polar surface area (TPSA) is 152 Å². The molecule has 4 atom stereocenters. The van der Waals surface area contributed by atoms with Crippen molar-refractivity contribution in [2.75, 3.05) is 11.1 Å². The average molecular weight is 631 g/mol. The zero-order valence-electron chi connectivity index (χ0n) is 25.7. The van der Waals surface area contributed by atoms with Crippen LogP contribution in [0.2, 0.25) is 0 Å². The molecule has 2 amide bonds. The lowest BCUT2D eigenvalue weighted by Crippen LogP contribution is -2.59. The number of hydrogen-bond donors (Lipinski definition) is 3. The van der Waals surface area contributed by atoms with Gasteiger partial charge in [0.1, 0.15) is 12.1 Å². The molecule has 4 rings (SSSR count). The van der Waals surface area contributed by atoms with Crippen molar-refractivity contribution in [2.45, 2.75) is 91.2 Å². The smallest absolute Gasteiger partial charge is 0.356 e. The van der Waals surface area contributed by atoms with E-state index in [1.54, 1.807) is 32.9 Å². The van der Waals surface area contributed by atoms with E-state index < -0.39 is 60.7 Å². The van der Waals surface area contributed by atoms with Crippen molar-refractivity contribution in [2.24, 2.45) is 10.8 Å². The van der Waals surface area contributed by atoms with E-state index >= 15 is 0 Å². The normalized spacial score (nSPS) is 21.1. The minimum absolute atomic E-state index is 0.210. The molecule has 44 heavy (non-hydrogen) atoms. The maximum absolute atomic E-state index is 14.1. The molecular weight excluding hydrogens is 587 g/mol. The van der Waals surface area contributed by atoms with Crippen LogP contribution in [0.5, 0.6) is 0 Å². The molecule has 1 heterocycles. The monoisotopic (exact) mass is 630 g/mol. The summed E-state index contributed by atoms with van der Waals surface area (Å²) in [6.07, 6.45) is 1.21. The van der Waals surface area contributed by atoms with Crippen LogP contribution in [-0.4, -0.2) is 52.3 Å². The lowest BCUT2D eigenvalue weighted by molar-refractivity contribution is -0.319. The molecule has 2 aromatic rings. The Labute approximate surface area is 258 Å². The summed E-state index contributed by atoms with van der Waals surface area (Å²) in [5.74, 6) is -2.22. The van der Waals surface area contributed by atoms with Gasteiger partial charge in [-0.1, -0.05) is 82.1 Å². The van der Waals surface area contributed by atoms with Crippen LogP contribution in [0.15, 0.2) is 54.6 Å². The molecule has 0 radical (unpaired) electrons. The highest BCUT2D eigenvalue weighted by molar-refractivity contribution is 7.52. The zero-order chi connectivity index (χ0) is 32.1. The van der Waals surface area contributed by atoms with E-state index in [0.29, 0.717) is 37.8 Å². The van der Waals surface area contributed by atoms with Crippen molar-refractivity contribution >= 4 is 31.1 Å². The zero-order valence-corrected chi connectivity index (χ0v) is 26.6. The molecule has 12 heteroatoms. The Morgan fingerprint density at radius 3 is 2.36 bits per heavy atom. The Bertz CT molecular complexity index is 1370. The van der Waals surface area contributed by atoms with E-state index in [9.17, 15) is 28.9 Å². The number of benzene rings is 2. The van der Waals surface area contributed by atoms with E-state index in [0.717, 1.165) is 11.1 Å². The third kappa shape index (κ3) is 8.14. The minimum atomic E-state index is -4.43. The highest BCUT2D eigenvalue weighted by Crippen LogP contribution is 2.53. The maximum atomic E-state index is 14.1. The average Bonchev–Trinajstić information content (AvgIpc) is 3.39. The van der Waals surface area contributed by atoms with Gasteiger partial charge in [-0.05, 0) is 55.2 Å². The SMILES string of the molecule is CC(OCc1ccccc1)OOP(=O)(O)CC1(C(=O)N[C@H]2CCc3ccccc3N(C(C(=O)O)C(C)(C)C)C2=O)CCCC1. The van der Waals surface area contributed by atoms with Gasteiger partial charge in [-0.25, -0.2) is 4.79 Å². The molecular formula is C32H43N2O9P. The van der Waals surface area contributed by atoms with Gasteiger partial charge in [-0.2, -0.15) is 4.89 Å². The fraction of sp³-hybridized carbons (Fsp3) is 0.531. The van der Waals surface area contributed by atoms with Gasteiger partial charge in [0.2, 0.25) is 11.8 Å². The van der Waals surface area contributed by atoms with Crippen LogP contribution < -0.4 is 10.2 Å². The number of carbonyl (C=O) groups is 3. The first-order chi connectivity index (χ1) is 20.7. The lowest BCUT2D eigenvalue weighted by Gasteiger charge is -2.39. The molecule has 1 saturated carbocycles. The molecule has 2 aliphatic rings. The van der Waals surface area contributed by atoms with Crippen LogP contribution >= 0.6 is 7.60 Å². The maximum Gasteiger partial charge on any atom is 0.356 e. The molecule has 2 aromatic carbocycles. The Hall–Kier alpha value is -3.08. The predicted molar refractivity (Wildman–Crippen MR) is 164 cm³/mol. The van der Waals surface area contributed by atoms with Crippen LogP contribution in [0.25, 0.3) is 0 Å². The molecule has 0 spiro atoms. The molecule has 1 fully saturated rings. The summed E-state index contributed by atoms with van der Waals surface area (Å²) in [7, 11) is -4.43. The van der Waals surface area contributed by atoms with Crippen molar-refractivity contribution in [1.29, 1.82) is 0 Å². The first-order valence-corrected chi connectivity index (χ1v) is 16.8. The van der Waals surface area contributed by atoms with E-state index in [4.69, 9.17) is 14.3 Å². The van der Waals surface area contributed by atoms with Gasteiger partial charge in [0, 0.05) is 5.69 Å². The van der Waals surface area contributed by atoms with Crippen molar-refractivity contribution in [3.05, 3.63) is 65.7 Å². The third-order valence-corrected chi connectivity index (χ3v) is 9.60. The van der Waals surface area contributed by atoms with E-state index in [2.05, 4.69) is 5.32 Å². The first-order valence-electron chi connectivity index (χ1n) is 15.0. The fourth-order valence-corrected chi connectivity index (χ4v) is 7.64. The molecule has 1 aliphatic carbocycles. The number of rotatable bonds is 12. The highest BCUT2D eigenvalue weighted by atomic mass is 31.2. The van der Waals surface area contributed by atoms with Gasteiger partial charge in [-0.3, -0.25) is 19.1 Å². The molecule has 0 saturated heterocycles. The number of carboxylic acid groups (broad SMARTS) is 1. The van der Waals surface area contributed by atoms with Gasteiger partial charge < -0.3 is 20.1 Å². The summed E-state index contributed by atoms with van der Waals surface area (Å²) in [5.41, 5.74) is 0.119. The summed E-state index contributed by atoms with van der Waals surface area (Å²) in [6.45, 7) is 7.00. The third-order valence-electron chi connectivity index (χ3n) is 8.27. The number of para-hydroxylation sites is 1. The number of amides is 2. The summed E-state index contributed by atoms with van der Waals surface area (Å²) in [5, 5.41) is 13.1. The number of carboxylic acids is 1. The number of anilines is 1. The number of aliphatic carboxylic acids is 1. The summed E-state index contributed by atoms with van der Waals surface area (Å²) < 4.78 is 23.7. The quantitative estimate of drug-likeness (QED) is 0.124. The molecule has 0 bridgehead atoms. The molecule has 240 valence electrons. The van der Waals surface area contributed by atoms with E-state index in [1.165, 1.54) is 11.8 Å². The predicted octanol–water partition coefficient (Wildman–Crippen LogP) is 5.21. The number of aryl methyl sites for hydroxylation is 1. The first kappa shape index (κ1) is 33.8. The number of hydrogen-bond acceptors (Lipinski definition) is 7. The summed E-state index contributed by atoms with van der Waals surface area (Å²) in [4.78, 5) is 57.6. The van der Waals surface area contributed by atoms with Gasteiger partial charge in [0.15, 0.2) is 6.29 Å². The van der Waals surface area contributed by atoms with Gasteiger partial charge in [-0.15, -0.1) is 4.67 Å². The van der Waals surface area contributed by atoms with Crippen LogP contribution in [0.3, 0.4) is 0 Å². The van der Waals surface area contributed by atoms with Crippen molar-refractivity contribution < 1.29 is 43.2 Å². The Morgan fingerprint density at radius 1 is 1.09 bits per heavy atom. The largest absolute Gasteiger partial charge is 0.480 e. The lowest BCUT2D eigenvalue weighted by atomic mass is 9.84. The fourth-order valence-electron chi connectivity index (χ4n) is 6.11. The number of nitrogens with zero attached hydrogens (tertiary/aromatic N) is 1. The number of fused-ring (bicyclic) bond motifs is 1. The van der Waals surface area contributed by atoms with Crippen LogP contribution in [0.4, 0.5) is 5.69 Å². The molecule has 3 unspecified atom stereocenters. The molecule has 1 aliphatic heterocycles.